The van der Waals surface area contributed by atoms with Crippen molar-refractivity contribution in [1.82, 2.24) is 9.78 Å². The summed E-state index contributed by atoms with van der Waals surface area (Å²) in [4.78, 5) is 12.0. The number of hydrogen-bond acceptors (Lipinski definition) is 3. The molecule has 1 N–H and O–H groups in total. The summed E-state index contributed by atoms with van der Waals surface area (Å²) in [5, 5.41) is 7.43. The van der Waals surface area contributed by atoms with Crippen LogP contribution in [0.5, 0.6) is 5.75 Å². The zero-order valence-electron chi connectivity index (χ0n) is 11.6. The first-order valence-corrected chi connectivity index (χ1v) is 6.57. The minimum atomic E-state index is -0.627. The van der Waals surface area contributed by atoms with Crippen LogP contribution in [-0.2, 0) is 11.8 Å². The molecule has 6 heteroatoms. The maximum Gasteiger partial charge on any atom is 0.266 e. The SMILES string of the molecule is Cc1cc(O[C@H](C)C(=O)Nc2ccn(C)n2)ccc1Cl. The molecule has 0 saturated carbocycles. The van der Waals surface area contributed by atoms with E-state index < -0.39 is 6.10 Å². The highest BCUT2D eigenvalue weighted by Crippen LogP contribution is 2.22. The van der Waals surface area contributed by atoms with Gasteiger partial charge in [0.1, 0.15) is 5.75 Å². The minimum Gasteiger partial charge on any atom is -0.481 e. The molecule has 0 aliphatic rings. The maximum absolute atomic E-state index is 12.0. The Morgan fingerprint density at radius 1 is 1.45 bits per heavy atom. The second-order valence-corrected chi connectivity index (χ2v) is 4.94. The molecule has 20 heavy (non-hydrogen) atoms. The van der Waals surface area contributed by atoms with Crippen LogP contribution in [0, 0.1) is 6.92 Å². The largest absolute Gasteiger partial charge is 0.481 e. The number of aromatic nitrogens is 2. The van der Waals surface area contributed by atoms with Gasteiger partial charge in [0, 0.05) is 24.3 Å². The van der Waals surface area contributed by atoms with E-state index in [2.05, 4.69) is 10.4 Å². The first-order chi connectivity index (χ1) is 9.45. The molecule has 1 aromatic heterocycles. The van der Waals surface area contributed by atoms with Gasteiger partial charge in [-0.15, -0.1) is 0 Å². The van der Waals surface area contributed by atoms with Crippen LogP contribution >= 0.6 is 11.6 Å². The first kappa shape index (κ1) is 14.4. The molecule has 0 saturated heterocycles. The molecule has 1 heterocycles. The van der Waals surface area contributed by atoms with E-state index in [-0.39, 0.29) is 5.91 Å². The van der Waals surface area contributed by atoms with Gasteiger partial charge in [0.2, 0.25) is 0 Å². The van der Waals surface area contributed by atoms with Crippen molar-refractivity contribution in [2.24, 2.45) is 7.05 Å². The first-order valence-electron chi connectivity index (χ1n) is 6.19. The van der Waals surface area contributed by atoms with Gasteiger partial charge in [-0.05, 0) is 37.6 Å². The fourth-order valence-electron chi connectivity index (χ4n) is 1.66. The van der Waals surface area contributed by atoms with E-state index in [4.69, 9.17) is 16.3 Å². The number of anilines is 1. The number of aryl methyl sites for hydroxylation is 2. The molecule has 0 radical (unpaired) electrons. The van der Waals surface area contributed by atoms with Crippen LogP contribution in [0.3, 0.4) is 0 Å². The second kappa shape index (κ2) is 5.96. The average molecular weight is 294 g/mol. The second-order valence-electron chi connectivity index (χ2n) is 4.53. The van der Waals surface area contributed by atoms with Gasteiger partial charge in [-0.25, -0.2) is 0 Å². The maximum atomic E-state index is 12.0. The van der Waals surface area contributed by atoms with Crippen LogP contribution in [-0.4, -0.2) is 21.8 Å². The van der Waals surface area contributed by atoms with Crippen LogP contribution < -0.4 is 10.1 Å². The summed E-state index contributed by atoms with van der Waals surface area (Å²) in [6.07, 6.45) is 1.13. The minimum absolute atomic E-state index is 0.253. The molecule has 2 rings (SSSR count). The summed E-state index contributed by atoms with van der Waals surface area (Å²) in [5.74, 6) is 0.854. The number of nitrogens with one attached hydrogen (secondary N) is 1. The van der Waals surface area contributed by atoms with Gasteiger partial charge in [0.25, 0.3) is 5.91 Å². The molecule has 0 fully saturated rings. The number of amides is 1. The molecule has 5 nitrogen and oxygen atoms in total. The predicted octanol–water partition coefficient (Wildman–Crippen LogP) is 2.79. The van der Waals surface area contributed by atoms with E-state index in [1.54, 1.807) is 49.1 Å². The fourth-order valence-corrected chi connectivity index (χ4v) is 1.78. The van der Waals surface area contributed by atoms with Gasteiger partial charge < -0.3 is 10.1 Å². The Morgan fingerprint density at radius 2 is 2.20 bits per heavy atom. The van der Waals surface area contributed by atoms with Crippen molar-refractivity contribution >= 4 is 23.3 Å². The summed E-state index contributed by atoms with van der Waals surface area (Å²) < 4.78 is 7.20. The molecule has 0 aliphatic carbocycles. The quantitative estimate of drug-likeness (QED) is 0.943. The molecule has 0 spiro atoms. The third kappa shape index (κ3) is 3.51. The van der Waals surface area contributed by atoms with Gasteiger partial charge in [-0.1, -0.05) is 11.6 Å². The highest BCUT2D eigenvalue weighted by Gasteiger charge is 2.16. The van der Waals surface area contributed by atoms with E-state index in [1.165, 1.54) is 0 Å². The Hall–Kier alpha value is -2.01. The summed E-state index contributed by atoms with van der Waals surface area (Å²) in [6.45, 7) is 3.57. The van der Waals surface area contributed by atoms with Crippen molar-refractivity contribution in [3.63, 3.8) is 0 Å². The van der Waals surface area contributed by atoms with Crippen LogP contribution in [0.25, 0.3) is 0 Å². The van der Waals surface area contributed by atoms with Crippen molar-refractivity contribution in [1.29, 1.82) is 0 Å². The normalized spacial score (nSPS) is 12.0. The lowest BCUT2D eigenvalue weighted by Gasteiger charge is -2.14. The van der Waals surface area contributed by atoms with Crippen molar-refractivity contribution < 1.29 is 9.53 Å². The number of rotatable bonds is 4. The highest BCUT2D eigenvalue weighted by molar-refractivity contribution is 6.31. The smallest absolute Gasteiger partial charge is 0.266 e. The third-order valence-electron chi connectivity index (χ3n) is 2.78. The van der Waals surface area contributed by atoms with E-state index in [1.807, 2.05) is 6.92 Å². The summed E-state index contributed by atoms with van der Waals surface area (Å²) in [6, 6.07) is 7.00. The molecular formula is C14H16ClN3O2. The van der Waals surface area contributed by atoms with Crippen LogP contribution in [0.1, 0.15) is 12.5 Å². The lowest BCUT2D eigenvalue weighted by atomic mass is 10.2. The van der Waals surface area contributed by atoms with Gasteiger partial charge in [-0.2, -0.15) is 5.10 Å². The van der Waals surface area contributed by atoms with E-state index >= 15 is 0 Å². The van der Waals surface area contributed by atoms with Crippen LogP contribution in [0.4, 0.5) is 5.82 Å². The van der Waals surface area contributed by atoms with Gasteiger partial charge >= 0.3 is 0 Å². The molecule has 1 aromatic carbocycles. The Bertz CT molecular complexity index is 625. The van der Waals surface area contributed by atoms with Crippen molar-refractivity contribution in [3.8, 4) is 5.75 Å². The number of carbonyl (C=O) groups excluding carboxylic acids is 1. The van der Waals surface area contributed by atoms with Crippen molar-refractivity contribution in [3.05, 3.63) is 41.0 Å². The molecule has 0 aliphatic heterocycles. The Kier molecular flexibility index (Phi) is 4.29. The van der Waals surface area contributed by atoms with Crippen LogP contribution in [0.15, 0.2) is 30.5 Å². The summed E-state index contributed by atoms with van der Waals surface area (Å²) in [5.41, 5.74) is 0.904. The topological polar surface area (TPSA) is 56.1 Å². The molecule has 1 amide bonds. The van der Waals surface area contributed by atoms with E-state index in [9.17, 15) is 4.79 Å². The number of ether oxygens (including phenoxy) is 1. The summed E-state index contributed by atoms with van der Waals surface area (Å²) in [7, 11) is 1.78. The van der Waals surface area contributed by atoms with Gasteiger partial charge in [0.15, 0.2) is 11.9 Å². The zero-order valence-corrected chi connectivity index (χ0v) is 12.3. The Labute approximate surface area is 122 Å². The molecular weight excluding hydrogens is 278 g/mol. The highest BCUT2D eigenvalue weighted by atomic mass is 35.5. The fraction of sp³-hybridized carbons (Fsp3) is 0.286. The lowest BCUT2D eigenvalue weighted by molar-refractivity contribution is -0.122. The van der Waals surface area contributed by atoms with Gasteiger partial charge in [0.05, 0.1) is 0 Å². The van der Waals surface area contributed by atoms with Crippen molar-refractivity contribution in [2.45, 2.75) is 20.0 Å². The molecule has 0 unspecified atom stereocenters. The number of carbonyl (C=O) groups is 1. The zero-order chi connectivity index (χ0) is 14.7. The van der Waals surface area contributed by atoms with E-state index in [0.29, 0.717) is 16.6 Å². The van der Waals surface area contributed by atoms with Crippen molar-refractivity contribution in [2.75, 3.05) is 5.32 Å². The third-order valence-corrected chi connectivity index (χ3v) is 3.20. The number of hydrogen-bond donors (Lipinski definition) is 1. The number of halogens is 1. The van der Waals surface area contributed by atoms with Crippen LogP contribution in [0.2, 0.25) is 5.02 Å². The lowest BCUT2D eigenvalue weighted by Crippen LogP contribution is -2.30. The molecule has 1 atom stereocenters. The Morgan fingerprint density at radius 3 is 2.80 bits per heavy atom. The Balaban J connectivity index is 1.98. The standard InChI is InChI=1S/C14H16ClN3O2/c1-9-8-11(4-5-12(9)15)20-10(2)14(19)16-13-6-7-18(3)17-13/h4-8,10H,1-3H3,(H,16,17,19)/t10-/m1/s1. The van der Waals surface area contributed by atoms with Gasteiger partial charge in [-0.3, -0.25) is 9.48 Å². The number of nitrogens with zero attached hydrogens (tertiary/aromatic N) is 2. The molecule has 106 valence electrons. The molecule has 2 aromatic rings. The summed E-state index contributed by atoms with van der Waals surface area (Å²) >= 11 is 5.94. The monoisotopic (exact) mass is 293 g/mol. The van der Waals surface area contributed by atoms with E-state index in [0.717, 1.165) is 5.56 Å². The predicted molar refractivity (Wildman–Crippen MR) is 78.1 cm³/mol. The molecule has 0 bridgehead atoms. The average Bonchev–Trinajstić information content (AvgIpc) is 2.79. The number of benzene rings is 1.